The van der Waals surface area contributed by atoms with Gasteiger partial charge in [0.25, 0.3) is 0 Å². The molecule has 3 aromatic rings. The highest BCUT2D eigenvalue weighted by atomic mass is 16.5. The number of aromatic nitrogens is 4. The second-order valence-electron chi connectivity index (χ2n) is 7.08. The van der Waals surface area contributed by atoms with Crippen LogP contribution in [0.1, 0.15) is 41.0 Å². The van der Waals surface area contributed by atoms with E-state index in [1.165, 1.54) is 0 Å². The molecule has 0 N–H and O–H groups in total. The van der Waals surface area contributed by atoms with Crippen LogP contribution in [-0.4, -0.2) is 43.8 Å². The molecule has 1 aromatic carbocycles. The van der Waals surface area contributed by atoms with E-state index in [4.69, 9.17) is 4.52 Å². The SMILES string of the molecule is Cc1noc([C@@H]2CCN(C(=O)Cc3c(C)nn(-c4ccccc4)c3C)C2)n1. The zero-order chi connectivity index (χ0) is 19.0. The lowest BCUT2D eigenvalue weighted by Crippen LogP contribution is -2.30. The van der Waals surface area contributed by atoms with Crippen LogP contribution in [0.5, 0.6) is 0 Å². The Bertz CT molecular complexity index is 960. The Labute approximate surface area is 158 Å². The Morgan fingerprint density at radius 3 is 2.70 bits per heavy atom. The van der Waals surface area contributed by atoms with Gasteiger partial charge in [-0.1, -0.05) is 23.4 Å². The summed E-state index contributed by atoms with van der Waals surface area (Å²) in [4.78, 5) is 19.1. The van der Waals surface area contributed by atoms with Crippen LogP contribution in [0.4, 0.5) is 0 Å². The molecule has 0 saturated carbocycles. The minimum Gasteiger partial charge on any atom is -0.342 e. The fourth-order valence-electron chi connectivity index (χ4n) is 3.68. The summed E-state index contributed by atoms with van der Waals surface area (Å²) in [5, 5.41) is 8.49. The van der Waals surface area contributed by atoms with Crippen LogP contribution in [0, 0.1) is 20.8 Å². The monoisotopic (exact) mass is 365 g/mol. The van der Waals surface area contributed by atoms with Gasteiger partial charge in [-0.3, -0.25) is 4.79 Å². The second kappa shape index (κ2) is 6.98. The molecule has 1 saturated heterocycles. The van der Waals surface area contributed by atoms with Crippen molar-refractivity contribution in [3.63, 3.8) is 0 Å². The second-order valence-corrected chi connectivity index (χ2v) is 7.08. The summed E-state index contributed by atoms with van der Waals surface area (Å²) in [6, 6.07) is 9.99. The third-order valence-corrected chi connectivity index (χ3v) is 5.20. The van der Waals surface area contributed by atoms with Gasteiger partial charge in [0.05, 0.1) is 23.7 Å². The highest BCUT2D eigenvalue weighted by molar-refractivity contribution is 5.79. The first-order valence-corrected chi connectivity index (χ1v) is 9.21. The fourth-order valence-corrected chi connectivity index (χ4v) is 3.68. The number of rotatable bonds is 4. The maximum atomic E-state index is 12.9. The predicted molar refractivity (Wildman–Crippen MR) is 99.7 cm³/mol. The number of likely N-dealkylation sites (tertiary alicyclic amines) is 1. The molecular formula is C20H23N5O2. The topological polar surface area (TPSA) is 77.0 Å². The van der Waals surface area contributed by atoms with Crippen LogP contribution in [0.3, 0.4) is 0 Å². The summed E-state index contributed by atoms with van der Waals surface area (Å²) in [5.41, 5.74) is 3.91. The molecule has 0 aliphatic carbocycles. The van der Waals surface area contributed by atoms with Crippen molar-refractivity contribution >= 4 is 5.91 Å². The van der Waals surface area contributed by atoms with Gasteiger partial charge in [0.2, 0.25) is 11.8 Å². The van der Waals surface area contributed by atoms with Crippen molar-refractivity contribution in [1.29, 1.82) is 0 Å². The van der Waals surface area contributed by atoms with Gasteiger partial charge in [-0.2, -0.15) is 10.1 Å². The Morgan fingerprint density at radius 1 is 1.22 bits per heavy atom. The molecule has 7 heteroatoms. The average molecular weight is 365 g/mol. The Hall–Kier alpha value is -2.96. The van der Waals surface area contributed by atoms with Crippen LogP contribution >= 0.6 is 0 Å². The summed E-state index contributed by atoms with van der Waals surface area (Å²) in [7, 11) is 0. The molecule has 1 aliphatic heterocycles. The van der Waals surface area contributed by atoms with E-state index in [2.05, 4.69) is 15.2 Å². The van der Waals surface area contributed by atoms with E-state index in [1.54, 1.807) is 6.92 Å². The third kappa shape index (κ3) is 3.37. The van der Waals surface area contributed by atoms with Crippen LogP contribution in [0.25, 0.3) is 5.69 Å². The van der Waals surface area contributed by atoms with E-state index in [0.717, 1.165) is 35.6 Å². The molecule has 1 aliphatic rings. The van der Waals surface area contributed by atoms with Gasteiger partial charge in [0.1, 0.15) is 0 Å². The predicted octanol–water partition coefficient (Wildman–Crippen LogP) is 2.74. The number of para-hydroxylation sites is 1. The Balaban J connectivity index is 1.48. The quantitative estimate of drug-likeness (QED) is 0.710. The van der Waals surface area contributed by atoms with Gasteiger partial charge < -0.3 is 9.42 Å². The van der Waals surface area contributed by atoms with Gasteiger partial charge >= 0.3 is 0 Å². The maximum absolute atomic E-state index is 12.9. The first-order chi connectivity index (χ1) is 13.0. The van der Waals surface area contributed by atoms with E-state index in [0.29, 0.717) is 24.7 Å². The zero-order valence-electron chi connectivity index (χ0n) is 15.8. The molecule has 0 radical (unpaired) electrons. The number of carbonyl (C=O) groups excluding carboxylic acids is 1. The molecule has 3 heterocycles. The molecule has 7 nitrogen and oxygen atoms in total. The third-order valence-electron chi connectivity index (χ3n) is 5.20. The van der Waals surface area contributed by atoms with Gasteiger partial charge in [-0.05, 0) is 39.3 Å². The molecule has 0 unspecified atom stereocenters. The van der Waals surface area contributed by atoms with E-state index >= 15 is 0 Å². The number of amides is 1. The molecule has 2 aromatic heterocycles. The van der Waals surface area contributed by atoms with Gasteiger partial charge in [-0.25, -0.2) is 4.68 Å². The Morgan fingerprint density at radius 2 is 2.00 bits per heavy atom. The van der Waals surface area contributed by atoms with E-state index in [1.807, 2.05) is 53.8 Å². The number of aryl methyl sites for hydroxylation is 2. The lowest BCUT2D eigenvalue weighted by molar-refractivity contribution is -0.129. The molecule has 0 bridgehead atoms. The molecule has 4 rings (SSSR count). The smallest absolute Gasteiger partial charge is 0.231 e. The number of hydrogen-bond acceptors (Lipinski definition) is 5. The minimum atomic E-state index is 0.118. The van der Waals surface area contributed by atoms with Crippen LogP contribution in [-0.2, 0) is 11.2 Å². The van der Waals surface area contributed by atoms with Crippen LogP contribution in [0.15, 0.2) is 34.9 Å². The largest absolute Gasteiger partial charge is 0.342 e. The summed E-state index contributed by atoms with van der Waals surface area (Å²) >= 11 is 0. The van der Waals surface area contributed by atoms with Crippen molar-refractivity contribution < 1.29 is 9.32 Å². The molecular weight excluding hydrogens is 342 g/mol. The van der Waals surface area contributed by atoms with E-state index < -0.39 is 0 Å². The number of hydrogen-bond donors (Lipinski definition) is 0. The molecule has 0 spiro atoms. The Kier molecular flexibility index (Phi) is 4.51. The average Bonchev–Trinajstić information content (AvgIpc) is 3.38. The standard InChI is InChI=1S/C20H23N5O2/c1-13-18(14(2)25(22-13)17-7-5-4-6-8-17)11-19(26)24-10-9-16(12-24)20-21-15(3)23-27-20/h4-8,16H,9-12H2,1-3H3/t16-/m1/s1. The normalized spacial score (nSPS) is 16.9. The van der Waals surface area contributed by atoms with Crippen molar-refractivity contribution in [2.24, 2.45) is 0 Å². The highest BCUT2D eigenvalue weighted by Gasteiger charge is 2.31. The van der Waals surface area contributed by atoms with Crippen molar-refractivity contribution in [2.45, 2.75) is 39.5 Å². The zero-order valence-corrected chi connectivity index (χ0v) is 15.8. The van der Waals surface area contributed by atoms with E-state index in [-0.39, 0.29) is 11.8 Å². The molecule has 27 heavy (non-hydrogen) atoms. The fraction of sp³-hybridized carbons (Fsp3) is 0.400. The maximum Gasteiger partial charge on any atom is 0.231 e. The summed E-state index contributed by atoms with van der Waals surface area (Å²) in [6.07, 6.45) is 1.22. The van der Waals surface area contributed by atoms with Crippen molar-refractivity contribution in [3.05, 3.63) is 59.0 Å². The van der Waals surface area contributed by atoms with Crippen LogP contribution < -0.4 is 0 Å². The number of nitrogens with zero attached hydrogens (tertiary/aromatic N) is 5. The van der Waals surface area contributed by atoms with Gasteiger partial charge in [0, 0.05) is 24.3 Å². The molecule has 140 valence electrons. The van der Waals surface area contributed by atoms with Crippen LogP contribution in [0.2, 0.25) is 0 Å². The molecule has 1 amide bonds. The lowest BCUT2D eigenvalue weighted by Gasteiger charge is -2.16. The first-order valence-electron chi connectivity index (χ1n) is 9.21. The van der Waals surface area contributed by atoms with Crippen molar-refractivity contribution in [2.75, 3.05) is 13.1 Å². The summed E-state index contributed by atoms with van der Waals surface area (Å²) in [6.45, 7) is 7.13. The van der Waals surface area contributed by atoms with Gasteiger partial charge in [0.15, 0.2) is 5.82 Å². The van der Waals surface area contributed by atoms with Crippen molar-refractivity contribution in [3.8, 4) is 5.69 Å². The molecule has 1 fully saturated rings. The number of carbonyl (C=O) groups is 1. The summed E-state index contributed by atoms with van der Waals surface area (Å²) in [5.74, 6) is 1.51. The minimum absolute atomic E-state index is 0.118. The highest BCUT2D eigenvalue weighted by Crippen LogP contribution is 2.27. The lowest BCUT2D eigenvalue weighted by atomic mass is 10.1. The van der Waals surface area contributed by atoms with Gasteiger partial charge in [-0.15, -0.1) is 0 Å². The summed E-state index contributed by atoms with van der Waals surface area (Å²) < 4.78 is 7.18. The number of benzene rings is 1. The van der Waals surface area contributed by atoms with Crippen molar-refractivity contribution in [1.82, 2.24) is 24.8 Å². The molecule has 1 atom stereocenters. The van der Waals surface area contributed by atoms with E-state index in [9.17, 15) is 4.79 Å². The first kappa shape index (κ1) is 17.5.